The van der Waals surface area contributed by atoms with Crippen LogP contribution in [-0.4, -0.2) is 47.2 Å². The zero-order valence-corrected chi connectivity index (χ0v) is 10.6. The van der Waals surface area contributed by atoms with Crippen molar-refractivity contribution in [3.8, 4) is 0 Å². The number of methoxy groups -OCH3 is 1. The Labute approximate surface area is 104 Å². The van der Waals surface area contributed by atoms with Gasteiger partial charge in [-0.25, -0.2) is 4.98 Å². The molecule has 4 atom stereocenters. The minimum atomic E-state index is -0.727. The number of nitrogens with zero attached hydrogens (tertiary/aromatic N) is 1. The highest BCUT2D eigenvalue weighted by atomic mass is 32.1. The Kier molecular flexibility index (Phi) is 4.47. The Morgan fingerprint density at radius 1 is 1.53 bits per heavy atom. The highest BCUT2D eigenvalue weighted by Gasteiger charge is 2.40. The van der Waals surface area contributed by atoms with Gasteiger partial charge < -0.3 is 20.3 Å². The highest BCUT2D eigenvalue weighted by Crippen LogP contribution is 2.27. The fourth-order valence-electron chi connectivity index (χ4n) is 2.27. The van der Waals surface area contributed by atoms with Gasteiger partial charge in [0.1, 0.15) is 5.01 Å². The molecule has 1 fully saturated rings. The number of nitrogens with one attached hydrogen (secondary N) is 1. The van der Waals surface area contributed by atoms with Gasteiger partial charge >= 0.3 is 0 Å². The van der Waals surface area contributed by atoms with Crippen molar-refractivity contribution in [3.05, 3.63) is 16.6 Å². The van der Waals surface area contributed by atoms with E-state index in [1.54, 1.807) is 24.6 Å². The molecular formula is C11H18N2O3S. The van der Waals surface area contributed by atoms with Crippen LogP contribution in [0.2, 0.25) is 0 Å². The molecule has 0 unspecified atom stereocenters. The number of aromatic nitrogens is 1. The normalized spacial score (nSPS) is 33.1. The molecular weight excluding hydrogens is 240 g/mol. The summed E-state index contributed by atoms with van der Waals surface area (Å²) in [5.41, 5.74) is 0. The van der Waals surface area contributed by atoms with Gasteiger partial charge in [-0.15, -0.1) is 11.3 Å². The van der Waals surface area contributed by atoms with Crippen molar-refractivity contribution in [2.45, 2.75) is 31.2 Å². The summed E-state index contributed by atoms with van der Waals surface area (Å²) >= 11 is 1.58. The van der Waals surface area contributed by atoms with Gasteiger partial charge in [-0.2, -0.15) is 0 Å². The van der Waals surface area contributed by atoms with E-state index in [0.717, 1.165) is 11.4 Å². The maximum atomic E-state index is 9.90. The fourth-order valence-corrected chi connectivity index (χ4v) is 2.83. The molecule has 0 aliphatic heterocycles. The molecule has 1 aliphatic rings. The molecule has 0 radical (unpaired) electrons. The van der Waals surface area contributed by atoms with Crippen molar-refractivity contribution < 1.29 is 14.9 Å². The Morgan fingerprint density at radius 3 is 3.00 bits per heavy atom. The first-order valence-electron chi connectivity index (χ1n) is 5.69. The predicted molar refractivity (Wildman–Crippen MR) is 64.7 cm³/mol. The number of ether oxygens (including phenoxy) is 1. The molecule has 6 heteroatoms. The quantitative estimate of drug-likeness (QED) is 0.692. The van der Waals surface area contributed by atoms with E-state index >= 15 is 0 Å². The van der Waals surface area contributed by atoms with Crippen molar-refractivity contribution in [2.24, 2.45) is 5.92 Å². The van der Waals surface area contributed by atoms with Crippen LogP contribution in [0.15, 0.2) is 11.6 Å². The number of hydrogen-bond acceptors (Lipinski definition) is 6. The first kappa shape index (κ1) is 12.9. The molecule has 1 aliphatic carbocycles. The number of hydrogen-bond donors (Lipinski definition) is 3. The molecule has 2 rings (SSSR count). The summed E-state index contributed by atoms with van der Waals surface area (Å²) in [5.74, 6) is 0.00351. The van der Waals surface area contributed by atoms with Crippen LogP contribution in [0, 0.1) is 5.92 Å². The third-order valence-corrected chi connectivity index (χ3v) is 3.96. The molecule has 1 heterocycles. The van der Waals surface area contributed by atoms with Crippen molar-refractivity contribution in [3.63, 3.8) is 0 Å². The van der Waals surface area contributed by atoms with Crippen LogP contribution in [-0.2, 0) is 11.3 Å². The van der Waals surface area contributed by atoms with Crippen LogP contribution in [0.1, 0.15) is 11.4 Å². The van der Waals surface area contributed by atoms with Gasteiger partial charge in [0.15, 0.2) is 0 Å². The minimum Gasteiger partial charge on any atom is -0.390 e. The first-order valence-corrected chi connectivity index (χ1v) is 6.57. The molecule has 0 saturated heterocycles. The van der Waals surface area contributed by atoms with E-state index in [1.807, 2.05) is 5.38 Å². The monoisotopic (exact) mass is 258 g/mol. The lowest BCUT2D eigenvalue weighted by atomic mass is 10.1. The molecule has 0 aromatic carbocycles. The van der Waals surface area contributed by atoms with E-state index in [9.17, 15) is 10.2 Å². The number of aliphatic hydroxyl groups excluding tert-OH is 2. The van der Waals surface area contributed by atoms with E-state index < -0.39 is 12.2 Å². The molecule has 17 heavy (non-hydrogen) atoms. The zero-order chi connectivity index (χ0) is 12.3. The topological polar surface area (TPSA) is 74.6 Å². The van der Waals surface area contributed by atoms with Gasteiger partial charge in [0.2, 0.25) is 0 Å². The summed E-state index contributed by atoms with van der Waals surface area (Å²) in [6.45, 7) is 1.11. The van der Waals surface area contributed by atoms with Crippen LogP contribution < -0.4 is 5.32 Å². The molecule has 1 aromatic heterocycles. The van der Waals surface area contributed by atoms with E-state index in [4.69, 9.17) is 4.74 Å². The highest BCUT2D eigenvalue weighted by molar-refractivity contribution is 7.09. The second-order valence-electron chi connectivity index (χ2n) is 4.35. The maximum Gasteiger partial charge on any atom is 0.106 e. The van der Waals surface area contributed by atoms with Gasteiger partial charge in [-0.1, -0.05) is 0 Å². The van der Waals surface area contributed by atoms with Gasteiger partial charge in [-0.05, 0) is 6.42 Å². The first-order chi connectivity index (χ1) is 8.22. The summed E-state index contributed by atoms with van der Waals surface area (Å²) in [6.07, 6.45) is 1.05. The third kappa shape index (κ3) is 3.02. The second kappa shape index (κ2) is 5.88. The standard InChI is InChI=1S/C11H18N2O3S/c1-16-6-7-4-8(11(15)10(7)14)13-5-9-12-2-3-17-9/h2-3,7-8,10-11,13-15H,4-6H2,1H3/t7-,8-,10-,11+/m1/s1. The summed E-state index contributed by atoms with van der Waals surface area (Å²) in [4.78, 5) is 4.16. The minimum absolute atomic E-state index is 0.00351. The molecule has 96 valence electrons. The summed E-state index contributed by atoms with van der Waals surface area (Å²) in [5, 5.41) is 25.9. The smallest absolute Gasteiger partial charge is 0.106 e. The van der Waals surface area contributed by atoms with Crippen LogP contribution in [0.4, 0.5) is 0 Å². The lowest BCUT2D eigenvalue weighted by Crippen LogP contribution is -2.39. The molecule has 0 amide bonds. The van der Waals surface area contributed by atoms with Crippen molar-refractivity contribution >= 4 is 11.3 Å². The molecule has 3 N–H and O–H groups in total. The average Bonchev–Trinajstić information content (AvgIpc) is 2.91. The number of thiazole rings is 1. The Bertz CT molecular complexity index is 333. The predicted octanol–water partition coefficient (Wildman–Crippen LogP) is -0.0106. The van der Waals surface area contributed by atoms with E-state index in [0.29, 0.717) is 13.2 Å². The van der Waals surface area contributed by atoms with Gasteiger partial charge in [-0.3, -0.25) is 0 Å². The number of aliphatic hydroxyl groups is 2. The van der Waals surface area contributed by atoms with Crippen molar-refractivity contribution in [2.75, 3.05) is 13.7 Å². The average molecular weight is 258 g/mol. The van der Waals surface area contributed by atoms with Crippen LogP contribution in [0.5, 0.6) is 0 Å². The maximum absolute atomic E-state index is 9.90. The second-order valence-corrected chi connectivity index (χ2v) is 5.32. The van der Waals surface area contributed by atoms with Gasteiger partial charge in [0.05, 0.1) is 18.8 Å². The lowest BCUT2D eigenvalue weighted by Gasteiger charge is -2.17. The van der Waals surface area contributed by atoms with E-state index in [1.165, 1.54) is 0 Å². The van der Waals surface area contributed by atoms with Crippen molar-refractivity contribution in [1.82, 2.24) is 10.3 Å². The Hall–Kier alpha value is -0.530. The lowest BCUT2D eigenvalue weighted by molar-refractivity contribution is -0.00597. The summed E-state index contributed by atoms with van der Waals surface area (Å²) in [6, 6.07) is -0.0888. The summed E-state index contributed by atoms with van der Waals surface area (Å²) in [7, 11) is 1.61. The number of rotatable bonds is 5. The molecule has 1 aromatic rings. The molecule has 1 saturated carbocycles. The van der Waals surface area contributed by atoms with Crippen LogP contribution >= 0.6 is 11.3 Å². The Balaban J connectivity index is 1.85. The van der Waals surface area contributed by atoms with E-state index in [2.05, 4.69) is 10.3 Å². The SMILES string of the molecule is COC[C@H]1C[C@@H](NCc2nccs2)[C@H](O)[C@@H]1O. The van der Waals surface area contributed by atoms with Crippen LogP contribution in [0.3, 0.4) is 0 Å². The largest absolute Gasteiger partial charge is 0.390 e. The van der Waals surface area contributed by atoms with E-state index in [-0.39, 0.29) is 12.0 Å². The van der Waals surface area contributed by atoms with Crippen LogP contribution in [0.25, 0.3) is 0 Å². The third-order valence-electron chi connectivity index (χ3n) is 3.18. The zero-order valence-electron chi connectivity index (χ0n) is 9.74. The molecule has 0 bridgehead atoms. The Morgan fingerprint density at radius 2 is 2.35 bits per heavy atom. The van der Waals surface area contributed by atoms with Crippen molar-refractivity contribution in [1.29, 1.82) is 0 Å². The van der Waals surface area contributed by atoms with Gasteiger partial charge in [0.25, 0.3) is 0 Å². The summed E-state index contributed by atoms with van der Waals surface area (Å²) < 4.78 is 5.03. The fraction of sp³-hybridized carbons (Fsp3) is 0.727. The van der Waals surface area contributed by atoms with Gasteiger partial charge in [0, 0.05) is 37.2 Å². The molecule has 5 nitrogen and oxygen atoms in total. The molecule has 0 spiro atoms.